The first kappa shape index (κ1) is 14.2. The summed E-state index contributed by atoms with van der Waals surface area (Å²) in [5, 5.41) is 19.3. The van der Waals surface area contributed by atoms with Crippen molar-refractivity contribution in [2.75, 3.05) is 6.61 Å². The van der Waals surface area contributed by atoms with Gasteiger partial charge in [0.2, 0.25) is 0 Å². The van der Waals surface area contributed by atoms with Crippen LogP contribution in [0.4, 0.5) is 0 Å². The largest absolute Gasteiger partial charge is 0.493 e. The van der Waals surface area contributed by atoms with E-state index in [-0.39, 0.29) is 5.69 Å². The van der Waals surface area contributed by atoms with Crippen LogP contribution >= 0.6 is 11.3 Å². The van der Waals surface area contributed by atoms with Crippen LogP contribution in [0.2, 0.25) is 0 Å². The second kappa shape index (κ2) is 6.37. The normalized spacial score (nSPS) is 10.4. The van der Waals surface area contributed by atoms with Crippen molar-refractivity contribution in [3.05, 3.63) is 46.0 Å². The summed E-state index contributed by atoms with van der Waals surface area (Å²) in [5.74, 6) is 0.742. The highest BCUT2D eigenvalue weighted by atomic mass is 32.1. The Kier molecular flexibility index (Phi) is 4.12. The molecule has 0 aliphatic heterocycles. The predicted molar refractivity (Wildman–Crippen MR) is 82.6 cm³/mol. The minimum Gasteiger partial charge on any atom is -0.493 e. The van der Waals surface area contributed by atoms with Gasteiger partial charge in [-0.1, -0.05) is 12.1 Å². The highest BCUT2D eigenvalue weighted by molar-refractivity contribution is 7.09. The molecule has 0 amide bonds. The summed E-state index contributed by atoms with van der Waals surface area (Å²) >= 11 is 1.64. The molecule has 1 N–H and O–H groups in total. The fourth-order valence-corrected chi connectivity index (χ4v) is 2.83. The maximum Gasteiger partial charge on any atom is 0.190 e. The molecule has 0 aliphatic rings. The van der Waals surface area contributed by atoms with Crippen molar-refractivity contribution in [2.24, 2.45) is 0 Å². The zero-order valence-electron chi connectivity index (χ0n) is 11.9. The molecule has 3 aromatic rings. The Morgan fingerprint density at radius 1 is 1.36 bits per heavy atom. The van der Waals surface area contributed by atoms with Gasteiger partial charge in [0.1, 0.15) is 17.5 Å². The van der Waals surface area contributed by atoms with Crippen molar-refractivity contribution in [1.82, 2.24) is 20.4 Å². The molecule has 0 atom stereocenters. The molecule has 7 heteroatoms. The van der Waals surface area contributed by atoms with E-state index in [1.807, 2.05) is 42.8 Å². The number of H-pyrrole nitrogens is 1. The number of benzene rings is 1. The number of nitrogens with zero attached hydrogens (tertiary/aromatic N) is 4. The Labute approximate surface area is 131 Å². The number of nitrogens with one attached hydrogen (secondary N) is 1. The SMILES string of the molecule is Cc1ncsc1CCOc1cccc(-c2n[nH]nc2C#N)c1. The summed E-state index contributed by atoms with van der Waals surface area (Å²) in [7, 11) is 0. The number of hydrogen-bond donors (Lipinski definition) is 1. The first-order chi connectivity index (χ1) is 10.8. The molecule has 0 aliphatic carbocycles. The average molecular weight is 311 g/mol. The highest BCUT2D eigenvalue weighted by Crippen LogP contribution is 2.24. The molecule has 1 aromatic carbocycles. The molecule has 0 spiro atoms. The minimum absolute atomic E-state index is 0.275. The monoisotopic (exact) mass is 311 g/mol. The van der Waals surface area contributed by atoms with E-state index in [1.54, 1.807) is 11.3 Å². The third kappa shape index (κ3) is 2.97. The van der Waals surface area contributed by atoms with Crippen molar-refractivity contribution < 1.29 is 4.74 Å². The molecule has 0 saturated heterocycles. The summed E-state index contributed by atoms with van der Waals surface area (Å²) < 4.78 is 5.78. The zero-order valence-corrected chi connectivity index (χ0v) is 12.7. The fraction of sp³-hybridized carbons (Fsp3) is 0.200. The van der Waals surface area contributed by atoms with Gasteiger partial charge in [0, 0.05) is 16.9 Å². The van der Waals surface area contributed by atoms with Gasteiger partial charge in [-0.2, -0.15) is 15.6 Å². The number of aromatic nitrogens is 4. The average Bonchev–Trinajstić information content (AvgIpc) is 3.17. The molecular formula is C15H13N5OS. The minimum atomic E-state index is 0.275. The van der Waals surface area contributed by atoms with Gasteiger partial charge in [0.25, 0.3) is 0 Å². The quantitative estimate of drug-likeness (QED) is 0.782. The molecule has 0 radical (unpaired) electrons. The lowest BCUT2D eigenvalue weighted by Gasteiger charge is -2.07. The van der Waals surface area contributed by atoms with E-state index in [0.717, 1.165) is 23.4 Å². The van der Waals surface area contributed by atoms with Crippen molar-refractivity contribution >= 4 is 11.3 Å². The van der Waals surface area contributed by atoms with E-state index < -0.39 is 0 Å². The second-order valence-corrected chi connectivity index (χ2v) is 5.56. The molecule has 3 rings (SSSR count). The van der Waals surface area contributed by atoms with Crippen LogP contribution in [0, 0.1) is 18.3 Å². The van der Waals surface area contributed by atoms with Crippen LogP contribution in [-0.4, -0.2) is 27.0 Å². The van der Waals surface area contributed by atoms with Crippen molar-refractivity contribution in [2.45, 2.75) is 13.3 Å². The summed E-state index contributed by atoms with van der Waals surface area (Å²) in [6.07, 6.45) is 0.828. The number of aryl methyl sites for hydroxylation is 1. The van der Waals surface area contributed by atoms with Gasteiger partial charge < -0.3 is 4.74 Å². The fourth-order valence-electron chi connectivity index (χ4n) is 2.07. The summed E-state index contributed by atoms with van der Waals surface area (Å²) in [4.78, 5) is 5.46. The third-order valence-electron chi connectivity index (χ3n) is 3.20. The van der Waals surface area contributed by atoms with Crippen molar-refractivity contribution in [3.63, 3.8) is 0 Å². The first-order valence-electron chi connectivity index (χ1n) is 6.71. The summed E-state index contributed by atoms with van der Waals surface area (Å²) in [6.45, 7) is 2.58. The zero-order chi connectivity index (χ0) is 15.4. The van der Waals surface area contributed by atoms with E-state index in [9.17, 15) is 0 Å². The van der Waals surface area contributed by atoms with Gasteiger partial charge in [-0.05, 0) is 19.1 Å². The summed E-state index contributed by atoms with van der Waals surface area (Å²) in [6, 6.07) is 9.50. The standard InChI is InChI=1S/C15H13N5OS/c1-10-14(22-9-17-10)5-6-21-12-4-2-3-11(7-12)15-13(8-16)18-20-19-15/h2-4,7,9H,5-6H2,1H3,(H,18,19,20). The van der Waals surface area contributed by atoms with Crippen LogP contribution in [0.5, 0.6) is 5.75 Å². The molecule has 22 heavy (non-hydrogen) atoms. The second-order valence-electron chi connectivity index (χ2n) is 4.62. The Bertz CT molecular complexity index is 817. The number of hydrogen-bond acceptors (Lipinski definition) is 6. The van der Waals surface area contributed by atoms with E-state index in [1.165, 1.54) is 4.88 Å². The maximum absolute atomic E-state index is 9.00. The van der Waals surface area contributed by atoms with Crippen LogP contribution in [0.3, 0.4) is 0 Å². The number of ether oxygens (including phenoxy) is 1. The van der Waals surface area contributed by atoms with Gasteiger partial charge in [-0.3, -0.25) is 0 Å². The van der Waals surface area contributed by atoms with E-state index in [2.05, 4.69) is 20.4 Å². The van der Waals surface area contributed by atoms with Gasteiger partial charge in [-0.15, -0.1) is 16.4 Å². The maximum atomic E-state index is 9.00. The van der Waals surface area contributed by atoms with Crippen LogP contribution in [0.25, 0.3) is 11.3 Å². The number of thiazole rings is 1. The number of rotatable bonds is 5. The van der Waals surface area contributed by atoms with Crippen LogP contribution < -0.4 is 4.74 Å². The third-order valence-corrected chi connectivity index (χ3v) is 4.20. The van der Waals surface area contributed by atoms with Gasteiger partial charge in [0.15, 0.2) is 5.69 Å². The molecule has 0 bridgehead atoms. The summed E-state index contributed by atoms with van der Waals surface area (Å²) in [5.41, 5.74) is 4.52. The molecule has 6 nitrogen and oxygen atoms in total. The number of nitriles is 1. The smallest absolute Gasteiger partial charge is 0.190 e. The Morgan fingerprint density at radius 3 is 3.05 bits per heavy atom. The van der Waals surface area contributed by atoms with E-state index in [4.69, 9.17) is 10.00 Å². The van der Waals surface area contributed by atoms with Crippen LogP contribution in [0.15, 0.2) is 29.8 Å². The van der Waals surface area contributed by atoms with E-state index in [0.29, 0.717) is 12.3 Å². The lowest BCUT2D eigenvalue weighted by Crippen LogP contribution is -2.01. The molecule has 2 heterocycles. The van der Waals surface area contributed by atoms with Crippen molar-refractivity contribution in [3.8, 4) is 23.1 Å². The van der Waals surface area contributed by atoms with Gasteiger partial charge in [-0.25, -0.2) is 4.98 Å². The Hall–Kier alpha value is -2.72. The van der Waals surface area contributed by atoms with Crippen molar-refractivity contribution in [1.29, 1.82) is 5.26 Å². The van der Waals surface area contributed by atoms with Crippen LogP contribution in [0.1, 0.15) is 16.3 Å². The Balaban J connectivity index is 1.69. The molecule has 110 valence electrons. The number of aromatic amines is 1. The molecule has 0 saturated carbocycles. The molecule has 0 unspecified atom stereocenters. The molecular weight excluding hydrogens is 298 g/mol. The molecule has 2 aromatic heterocycles. The lowest BCUT2D eigenvalue weighted by molar-refractivity contribution is 0.323. The van der Waals surface area contributed by atoms with E-state index >= 15 is 0 Å². The Morgan fingerprint density at radius 2 is 2.27 bits per heavy atom. The van der Waals surface area contributed by atoms with Crippen LogP contribution in [-0.2, 0) is 6.42 Å². The first-order valence-corrected chi connectivity index (χ1v) is 7.59. The predicted octanol–water partition coefficient (Wildman–Crippen LogP) is 2.73. The molecule has 0 fully saturated rings. The van der Waals surface area contributed by atoms with Gasteiger partial charge in [0.05, 0.1) is 17.8 Å². The lowest BCUT2D eigenvalue weighted by atomic mass is 10.1. The topological polar surface area (TPSA) is 87.5 Å². The highest BCUT2D eigenvalue weighted by Gasteiger charge is 2.10. The van der Waals surface area contributed by atoms with Gasteiger partial charge >= 0.3 is 0 Å².